The van der Waals surface area contributed by atoms with E-state index in [4.69, 9.17) is 0 Å². The van der Waals surface area contributed by atoms with Crippen LogP contribution in [0, 0.1) is 5.82 Å². The third-order valence-electron chi connectivity index (χ3n) is 4.84. The highest BCUT2D eigenvalue weighted by molar-refractivity contribution is 7.90. The number of alkyl halides is 3. The van der Waals surface area contributed by atoms with Crippen LogP contribution < -0.4 is 0 Å². The smallest absolute Gasteiger partial charge is 0.232 e. The molecule has 0 N–H and O–H groups in total. The number of nitrogens with zero attached hydrogens (tertiary/aromatic N) is 2. The van der Waals surface area contributed by atoms with Gasteiger partial charge in [0.15, 0.2) is 15.5 Å². The van der Waals surface area contributed by atoms with Crippen LogP contribution in [0.25, 0.3) is 28.1 Å². The Labute approximate surface area is 181 Å². The molecule has 0 aliphatic rings. The number of halogens is 4. The van der Waals surface area contributed by atoms with E-state index in [1.165, 1.54) is 36.4 Å². The quantitative estimate of drug-likeness (QED) is 0.364. The molecule has 4 aromatic rings. The molecule has 0 radical (unpaired) electrons. The highest BCUT2D eigenvalue weighted by Crippen LogP contribution is 2.43. The zero-order valence-electron chi connectivity index (χ0n) is 16.6. The van der Waals surface area contributed by atoms with Crippen LogP contribution in [0.4, 0.5) is 17.6 Å². The van der Waals surface area contributed by atoms with Gasteiger partial charge in [0, 0.05) is 17.4 Å². The zero-order chi connectivity index (χ0) is 23.1. The monoisotopic (exact) mass is 460 g/mol. The first-order chi connectivity index (χ1) is 15.1. The molecular formula is C23H16F4N2O2S. The Morgan fingerprint density at radius 2 is 1.38 bits per heavy atom. The van der Waals surface area contributed by atoms with Crippen LogP contribution in [-0.2, 0) is 16.0 Å². The molecule has 32 heavy (non-hydrogen) atoms. The predicted molar refractivity (Wildman–Crippen MR) is 113 cm³/mol. The number of aromatic nitrogens is 2. The van der Waals surface area contributed by atoms with Gasteiger partial charge in [-0.25, -0.2) is 17.5 Å². The molecule has 0 saturated carbocycles. The van der Waals surface area contributed by atoms with E-state index in [0.29, 0.717) is 11.3 Å². The predicted octanol–water partition coefficient (Wildman–Crippen LogP) is 5.77. The molecule has 0 aliphatic carbocycles. The van der Waals surface area contributed by atoms with Gasteiger partial charge >= 0.3 is 6.18 Å². The number of rotatable bonds is 4. The van der Waals surface area contributed by atoms with Gasteiger partial charge in [-0.2, -0.15) is 18.3 Å². The van der Waals surface area contributed by atoms with Gasteiger partial charge in [0.1, 0.15) is 5.82 Å². The first kappa shape index (κ1) is 21.8. The Kier molecular flexibility index (Phi) is 5.37. The molecule has 3 aromatic carbocycles. The Bertz CT molecular complexity index is 1360. The number of para-hydroxylation sites is 1. The molecule has 0 aliphatic heterocycles. The number of hydrogen-bond donors (Lipinski definition) is 0. The average Bonchev–Trinajstić information content (AvgIpc) is 3.15. The molecule has 9 heteroatoms. The number of sulfone groups is 1. The van der Waals surface area contributed by atoms with Crippen molar-refractivity contribution in [3.05, 3.63) is 90.4 Å². The summed E-state index contributed by atoms with van der Waals surface area (Å²) in [6.45, 7) is 0. The van der Waals surface area contributed by atoms with Crippen LogP contribution >= 0.6 is 0 Å². The Balaban J connectivity index is 2.07. The van der Waals surface area contributed by atoms with E-state index in [2.05, 4.69) is 5.10 Å². The summed E-state index contributed by atoms with van der Waals surface area (Å²) in [5, 5.41) is 3.88. The highest BCUT2D eigenvalue weighted by Gasteiger charge is 2.40. The van der Waals surface area contributed by atoms with E-state index in [9.17, 15) is 26.0 Å². The van der Waals surface area contributed by atoms with Gasteiger partial charge in [-0.3, -0.25) is 0 Å². The fraction of sp³-hybridized carbons (Fsp3) is 0.0870. The lowest BCUT2D eigenvalue weighted by atomic mass is 9.98. The zero-order valence-corrected chi connectivity index (χ0v) is 17.5. The van der Waals surface area contributed by atoms with Gasteiger partial charge in [0.05, 0.1) is 16.3 Å². The SMILES string of the molecule is CS(=O)(=O)c1ccc(-c2c(-c3ccc(F)cc3)c(C(F)(F)F)nn2-c2ccccc2)cc1. The summed E-state index contributed by atoms with van der Waals surface area (Å²) in [6, 6.07) is 18.4. The topological polar surface area (TPSA) is 52.0 Å². The van der Waals surface area contributed by atoms with Crippen LogP contribution in [0.15, 0.2) is 83.8 Å². The molecule has 0 atom stereocenters. The van der Waals surface area contributed by atoms with Crippen molar-refractivity contribution in [3.63, 3.8) is 0 Å². The van der Waals surface area contributed by atoms with Gasteiger partial charge in [0.25, 0.3) is 0 Å². The molecule has 1 aromatic heterocycles. The fourth-order valence-corrected chi connectivity index (χ4v) is 4.02. The molecule has 164 valence electrons. The maximum absolute atomic E-state index is 14.0. The number of benzene rings is 3. The Hall–Kier alpha value is -3.46. The van der Waals surface area contributed by atoms with Gasteiger partial charge in [-0.15, -0.1) is 0 Å². The molecule has 4 nitrogen and oxygen atoms in total. The Morgan fingerprint density at radius 3 is 1.91 bits per heavy atom. The van der Waals surface area contributed by atoms with E-state index < -0.39 is 27.5 Å². The maximum Gasteiger partial charge on any atom is 0.435 e. The first-order valence-corrected chi connectivity index (χ1v) is 11.3. The van der Waals surface area contributed by atoms with Crippen molar-refractivity contribution in [3.8, 4) is 28.1 Å². The van der Waals surface area contributed by atoms with Crippen molar-refractivity contribution in [1.29, 1.82) is 0 Å². The summed E-state index contributed by atoms with van der Waals surface area (Å²) in [5.41, 5.74) is -0.418. The summed E-state index contributed by atoms with van der Waals surface area (Å²) in [4.78, 5) is 0.0337. The minimum absolute atomic E-state index is 0.0337. The van der Waals surface area contributed by atoms with Crippen molar-refractivity contribution in [2.75, 3.05) is 6.26 Å². The molecule has 0 bridgehead atoms. The van der Waals surface area contributed by atoms with Crippen LogP contribution in [0.1, 0.15) is 5.69 Å². The van der Waals surface area contributed by atoms with Crippen LogP contribution in [0.3, 0.4) is 0 Å². The normalized spacial score (nSPS) is 12.2. The third-order valence-corrected chi connectivity index (χ3v) is 5.97. The Morgan fingerprint density at radius 1 is 0.812 bits per heavy atom. The fourth-order valence-electron chi connectivity index (χ4n) is 3.39. The van der Waals surface area contributed by atoms with E-state index in [1.54, 1.807) is 30.3 Å². The second kappa shape index (κ2) is 7.90. The van der Waals surface area contributed by atoms with E-state index in [-0.39, 0.29) is 21.7 Å². The molecule has 1 heterocycles. The lowest BCUT2D eigenvalue weighted by Gasteiger charge is -2.12. The maximum atomic E-state index is 14.0. The van der Waals surface area contributed by atoms with Gasteiger partial charge in [-0.05, 0) is 42.0 Å². The first-order valence-electron chi connectivity index (χ1n) is 9.38. The van der Waals surface area contributed by atoms with Crippen molar-refractivity contribution >= 4 is 9.84 Å². The second-order valence-electron chi connectivity index (χ2n) is 7.12. The average molecular weight is 460 g/mol. The molecule has 0 saturated heterocycles. The molecule has 0 spiro atoms. The van der Waals surface area contributed by atoms with E-state index >= 15 is 0 Å². The molecule has 4 rings (SSSR count). The summed E-state index contributed by atoms with van der Waals surface area (Å²) >= 11 is 0. The van der Waals surface area contributed by atoms with Crippen molar-refractivity contribution in [2.24, 2.45) is 0 Å². The van der Waals surface area contributed by atoms with Gasteiger partial charge in [0.2, 0.25) is 0 Å². The number of hydrogen-bond acceptors (Lipinski definition) is 3. The van der Waals surface area contributed by atoms with Crippen LogP contribution in [0.2, 0.25) is 0 Å². The third kappa shape index (κ3) is 4.16. The lowest BCUT2D eigenvalue weighted by Crippen LogP contribution is -2.08. The van der Waals surface area contributed by atoms with Crippen molar-refractivity contribution in [1.82, 2.24) is 9.78 Å². The van der Waals surface area contributed by atoms with Gasteiger partial charge in [-0.1, -0.05) is 42.5 Å². The molecule has 0 amide bonds. The molecular weight excluding hydrogens is 444 g/mol. The lowest BCUT2D eigenvalue weighted by molar-refractivity contribution is -0.140. The molecule has 0 fully saturated rings. The largest absolute Gasteiger partial charge is 0.435 e. The van der Waals surface area contributed by atoms with E-state index in [0.717, 1.165) is 23.1 Å². The minimum atomic E-state index is -4.79. The summed E-state index contributed by atoms with van der Waals surface area (Å²) in [5.74, 6) is -0.586. The van der Waals surface area contributed by atoms with Crippen molar-refractivity contribution < 1.29 is 26.0 Å². The van der Waals surface area contributed by atoms with Crippen molar-refractivity contribution in [2.45, 2.75) is 11.1 Å². The second-order valence-corrected chi connectivity index (χ2v) is 9.14. The minimum Gasteiger partial charge on any atom is -0.232 e. The van der Waals surface area contributed by atoms with Crippen LogP contribution in [0.5, 0.6) is 0 Å². The summed E-state index contributed by atoms with van der Waals surface area (Å²) in [6.07, 6.45) is -3.74. The summed E-state index contributed by atoms with van der Waals surface area (Å²) in [7, 11) is -3.49. The van der Waals surface area contributed by atoms with Crippen LogP contribution in [-0.4, -0.2) is 24.5 Å². The summed E-state index contributed by atoms with van der Waals surface area (Å²) < 4.78 is 80.4. The highest BCUT2D eigenvalue weighted by atomic mass is 32.2. The molecule has 0 unspecified atom stereocenters. The standard InChI is InChI=1S/C23H16F4N2O2S/c1-32(30,31)19-13-9-16(10-14-19)21-20(15-7-11-17(24)12-8-15)22(23(25,26)27)28-29(21)18-5-3-2-4-6-18/h2-14H,1H3. The van der Waals surface area contributed by atoms with E-state index in [1.807, 2.05) is 0 Å². The van der Waals surface area contributed by atoms with Gasteiger partial charge < -0.3 is 0 Å².